The van der Waals surface area contributed by atoms with Crippen molar-refractivity contribution < 1.29 is 9.59 Å². The third-order valence-corrected chi connectivity index (χ3v) is 3.84. The highest BCUT2D eigenvalue weighted by Gasteiger charge is 2.19. The molecular formula is C17H17N3O2. The summed E-state index contributed by atoms with van der Waals surface area (Å²) >= 11 is 0. The maximum atomic E-state index is 12.5. The first-order valence-electron chi connectivity index (χ1n) is 7.45. The van der Waals surface area contributed by atoms with Crippen LogP contribution in [0, 0.1) is 0 Å². The normalized spacial score (nSPS) is 14.6. The molecule has 0 N–H and O–H groups in total. The number of pyridine rings is 2. The lowest BCUT2D eigenvalue weighted by Crippen LogP contribution is -2.36. The summed E-state index contributed by atoms with van der Waals surface area (Å²) in [7, 11) is 0. The van der Waals surface area contributed by atoms with Gasteiger partial charge in [-0.15, -0.1) is 0 Å². The van der Waals surface area contributed by atoms with Gasteiger partial charge in [-0.2, -0.15) is 0 Å². The fourth-order valence-electron chi connectivity index (χ4n) is 2.61. The van der Waals surface area contributed by atoms with Gasteiger partial charge in [-0.1, -0.05) is 0 Å². The van der Waals surface area contributed by atoms with Crippen LogP contribution >= 0.6 is 0 Å². The lowest BCUT2D eigenvalue weighted by molar-refractivity contribution is 0.0718. The van der Waals surface area contributed by atoms with Gasteiger partial charge >= 0.3 is 0 Å². The molecule has 0 bridgehead atoms. The van der Waals surface area contributed by atoms with E-state index in [9.17, 15) is 9.59 Å². The molecule has 5 nitrogen and oxygen atoms in total. The SMILES string of the molecule is O=Cc1ccc(-c2ccnc(C(=O)N3CCCCC3)c2)nc1. The first-order chi connectivity index (χ1) is 10.8. The minimum absolute atomic E-state index is 0.0222. The van der Waals surface area contributed by atoms with Gasteiger partial charge in [0.2, 0.25) is 0 Å². The van der Waals surface area contributed by atoms with Gasteiger partial charge in [0.1, 0.15) is 5.69 Å². The van der Waals surface area contributed by atoms with Gasteiger partial charge in [0.05, 0.1) is 5.69 Å². The van der Waals surface area contributed by atoms with Crippen LogP contribution < -0.4 is 0 Å². The van der Waals surface area contributed by atoms with Crippen molar-refractivity contribution in [3.63, 3.8) is 0 Å². The van der Waals surface area contributed by atoms with Gasteiger partial charge in [0.25, 0.3) is 5.91 Å². The minimum atomic E-state index is -0.0222. The Hall–Kier alpha value is -2.56. The van der Waals surface area contributed by atoms with Crippen LogP contribution in [-0.2, 0) is 0 Å². The second kappa shape index (κ2) is 6.47. The van der Waals surface area contributed by atoms with Crippen LogP contribution in [0.5, 0.6) is 0 Å². The monoisotopic (exact) mass is 295 g/mol. The fraction of sp³-hybridized carbons (Fsp3) is 0.294. The number of likely N-dealkylation sites (tertiary alicyclic amines) is 1. The first-order valence-corrected chi connectivity index (χ1v) is 7.45. The molecule has 112 valence electrons. The van der Waals surface area contributed by atoms with Crippen molar-refractivity contribution >= 4 is 12.2 Å². The molecule has 0 aliphatic carbocycles. The van der Waals surface area contributed by atoms with Crippen molar-refractivity contribution in [2.75, 3.05) is 13.1 Å². The summed E-state index contributed by atoms with van der Waals surface area (Å²) in [5, 5.41) is 0. The van der Waals surface area contributed by atoms with Gasteiger partial charge in [-0.3, -0.25) is 19.6 Å². The zero-order chi connectivity index (χ0) is 15.4. The Bertz CT molecular complexity index is 677. The van der Waals surface area contributed by atoms with E-state index in [0.29, 0.717) is 11.3 Å². The van der Waals surface area contributed by atoms with Gasteiger partial charge < -0.3 is 4.90 Å². The van der Waals surface area contributed by atoms with Crippen molar-refractivity contribution in [2.24, 2.45) is 0 Å². The van der Waals surface area contributed by atoms with Crippen LogP contribution in [-0.4, -0.2) is 40.2 Å². The van der Waals surface area contributed by atoms with E-state index < -0.39 is 0 Å². The summed E-state index contributed by atoms with van der Waals surface area (Å²) in [6, 6.07) is 7.06. The molecule has 3 rings (SSSR count). The van der Waals surface area contributed by atoms with Gasteiger partial charge in [-0.25, -0.2) is 0 Å². The Morgan fingerprint density at radius 2 is 1.91 bits per heavy atom. The Labute approximate surface area is 129 Å². The first kappa shape index (κ1) is 14.4. The zero-order valence-electron chi connectivity index (χ0n) is 12.2. The number of piperidine rings is 1. The maximum Gasteiger partial charge on any atom is 0.272 e. The molecule has 22 heavy (non-hydrogen) atoms. The number of aromatic nitrogens is 2. The molecule has 0 aromatic carbocycles. The van der Waals surface area contributed by atoms with Gasteiger partial charge in [0.15, 0.2) is 6.29 Å². The topological polar surface area (TPSA) is 63.2 Å². The zero-order valence-corrected chi connectivity index (χ0v) is 12.2. The molecule has 1 saturated heterocycles. The molecule has 0 radical (unpaired) electrons. The summed E-state index contributed by atoms with van der Waals surface area (Å²) in [6.45, 7) is 1.61. The van der Waals surface area contributed by atoms with Gasteiger partial charge in [-0.05, 0) is 43.5 Å². The average molecular weight is 295 g/mol. The molecule has 1 aliphatic rings. The molecule has 0 unspecified atom stereocenters. The molecule has 0 atom stereocenters. The highest BCUT2D eigenvalue weighted by atomic mass is 16.2. The molecule has 2 aromatic heterocycles. The van der Waals surface area contributed by atoms with E-state index in [0.717, 1.165) is 43.5 Å². The fourth-order valence-corrected chi connectivity index (χ4v) is 2.61. The van der Waals surface area contributed by atoms with E-state index in [4.69, 9.17) is 0 Å². The molecule has 1 amide bonds. The predicted molar refractivity (Wildman–Crippen MR) is 82.6 cm³/mol. The Balaban J connectivity index is 1.84. The third kappa shape index (κ3) is 3.03. The number of aldehydes is 1. The predicted octanol–water partition coefficient (Wildman–Crippen LogP) is 2.58. The Morgan fingerprint density at radius 3 is 2.59 bits per heavy atom. The lowest BCUT2D eigenvalue weighted by atomic mass is 10.1. The average Bonchev–Trinajstić information content (AvgIpc) is 2.62. The van der Waals surface area contributed by atoms with E-state index in [1.165, 1.54) is 12.6 Å². The molecule has 0 spiro atoms. The van der Waals surface area contributed by atoms with Crippen molar-refractivity contribution in [3.05, 3.63) is 47.9 Å². The van der Waals surface area contributed by atoms with Crippen LogP contribution in [0.25, 0.3) is 11.3 Å². The Morgan fingerprint density at radius 1 is 1.09 bits per heavy atom. The molecule has 2 aromatic rings. The van der Waals surface area contributed by atoms with Crippen molar-refractivity contribution in [1.82, 2.24) is 14.9 Å². The summed E-state index contributed by atoms with van der Waals surface area (Å²) in [5.41, 5.74) is 2.52. The number of nitrogens with zero attached hydrogens (tertiary/aromatic N) is 3. The minimum Gasteiger partial charge on any atom is -0.337 e. The second-order valence-corrected chi connectivity index (χ2v) is 5.38. The van der Waals surface area contributed by atoms with Gasteiger partial charge in [0, 0.05) is 36.6 Å². The molecule has 0 saturated carbocycles. The highest BCUT2D eigenvalue weighted by Crippen LogP contribution is 2.19. The molecule has 5 heteroatoms. The van der Waals surface area contributed by atoms with E-state index in [1.54, 1.807) is 24.4 Å². The standard InChI is InChI=1S/C17H17N3O2/c21-12-13-4-5-15(19-11-13)14-6-7-18-16(10-14)17(22)20-8-2-1-3-9-20/h4-7,10-12H,1-3,8-9H2. The maximum absolute atomic E-state index is 12.5. The number of hydrogen-bond donors (Lipinski definition) is 0. The van der Waals surface area contributed by atoms with Crippen LogP contribution in [0.15, 0.2) is 36.7 Å². The van der Waals surface area contributed by atoms with Crippen molar-refractivity contribution in [3.8, 4) is 11.3 Å². The van der Waals surface area contributed by atoms with Crippen molar-refractivity contribution in [2.45, 2.75) is 19.3 Å². The Kier molecular flexibility index (Phi) is 4.23. The quantitative estimate of drug-likeness (QED) is 0.816. The molecule has 1 aliphatic heterocycles. The van der Waals surface area contributed by atoms with Crippen molar-refractivity contribution in [1.29, 1.82) is 0 Å². The second-order valence-electron chi connectivity index (χ2n) is 5.38. The lowest BCUT2D eigenvalue weighted by Gasteiger charge is -2.26. The molecule has 3 heterocycles. The van der Waals surface area contributed by atoms with E-state index in [1.807, 2.05) is 11.0 Å². The van der Waals surface area contributed by atoms with E-state index in [2.05, 4.69) is 9.97 Å². The smallest absolute Gasteiger partial charge is 0.272 e. The van der Waals surface area contributed by atoms with Crippen LogP contribution in [0.1, 0.15) is 40.1 Å². The van der Waals surface area contributed by atoms with Crippen LogP contribution in [0.3, 0.4) is 0 Å². The van der Waals surface area contributed by atoms with E-state index >= 15 is 0 Å². The molecule has 1 fully saturated rings. The summed E-state index contributed by atoms with van der Waals surface area (Å²) in [6.07, 6.45) is 7.20. The summed E-state index contributed by atoms with van der Waals surface area (Å²) in [4.78, 5) is 33.5. The summed E-state index contributed by atoms with van der Waals surface area (Å²) < 4.78 is 0. The third-order valence-electron chi connectivity index (χ3n) is 3.84. The van der Waals surface area contributed by atoms with Crippen LogP contribution in [0.2, 0.25) is 0 Å². The highest BCUT2D eigenvalue weighted by molar-refractivity contribution is 5.93. The number of hydrogen-bond acceptors (Lipinski definition) is 4. The number of rotatable bonds is 3. The molecular weight excluding hydrogens is 278 g/mol. The summed E-state index contributed by atoms with van der Waals surface area (Å²) in [5.74, 6) is -0.0222. The largest absolute Gasteiger partial charge is 0.337 e. The number of carbonyl (C=O) groups excluding carboxylic acids is 2. The van der Waals surface area contributed by atoms with Crippen LogP contribution in [0.4, 0.5) is 0 Å². The number of carbonyl (C=O) groups is 2. The number of amides is 1. The van der Waals surface area contributed by atoms with E-state index in [-0.39, 0.29) is 5.91 Å².